The van der Waals surface area contributed by atoms with E-state index in [1.54, 1.807) is 14.2 Å². The number of methoxy groups -OCH3 is 2. The highest BCUT2D eigenvalue weighted by molar-refractivity contribution is 8.00. The third-order valence-corrected chi connectivity index (χ3v) is 3.62. The fourth-order valence-electron chi connectivity index (χ4n) is 1.68. The molecule has 1 heterocycles. The highest BCUT2D eigenvalue weighted by Crippen LogP contribution is 2.36. The molecular formula is C8H16O2S. The van der Waals surface area contributed by atoms with E-state index in [0.29, 0.717) is 10.5 Å². The Kier molecular flexibility index (Phi) is 3.22. The van der Waals surface area contributed by atoms with E-state index in [-0.39, 0.29) is 12.2 Å². The second-order valence-electron chi connectivity index (χ2n) is 2.95. The SMILES string of the molecule is COC1C(C)SC(C)C1OC. The lowest BCUT2D eigenvalue weighted by atomic mass is 10.1. The molecule has 1 aliphatic heterocycles. The van der Waals surface area contributed by atoms with Gasteiger partial charge in [0.2, 0.25) is 0 Å². The van der Waals surface area contributed by atoms with Gasteiger partial charge in [-0.05, 0) is 0 Å². The maximum absolute atomic E-state index is 5.35. The summed E-state index contributed by atoms with van der Waals surface area (Å²) in [5.74, 6) is 0. The van der Waals surface area contributed by atoms with Crippen LogP contribution < -0.4 is 0 Å². The van der Waals surface area contributed by atoms with Gasteiger partial charge in [-0.15, -0.1) is 0 Å². The van der Waals surface area contributed by atoms with Crippen LogP contribution in [0.25, 0.3) is 0 Å². The summed E-state index contributed by atoms with van der Waals surface area (Å²) < 4.78 is 10.7. The summed E-state index contributed by atoms with van der Waals surface area (Å²) in [7, 11) is 3.51. The zero-order valence-corrected chi connectivity index (χ0v) is 8.35. The molecule has 66 valence electrons. The summed E-state index contributed by atoms with van der Waals surface area (Å²) in [4.78, 5) is 0. The van der Waals surface area contributed by atoms with Crippen LogP contribution in [0.5, 0.6) is 0 Å². The lowest BCUT2D eigenvalue weighted by Crippen LogP contribution is -2.34. The molecule has 0 N–H and O–H groups in total. The van der Waals surface area contributed by atoms with Gasteiger partial charge in [0.25, 0.3) is 0 Å². The Balaban J connectivity index is 2.59. The molecule has 0 aromatic carbocycles. The fourth-order valence-corrected chi connectivity index (χ4v) is 3.20. The van der Waals surface area contributed by atoms with Crippen molar-refractivity contribution in [2.75, 3.05) is 14.2 Å². The van der Waals surface area contributed by atoms with Crippen molar-refractivity contribution < 1.29 is 9.47 Å². The predicted octanol–water partition coefficient (Wildman–Crippen LogP) is 1.54. The normalized spacial score (nSPS) is 44.7. The van der Waals surface area contributed by atoms with Crippen molar-refractivity contribution in [1.29, 1.82) is 0 Å². The second-order valence-corrected chi connectivity index (χ2v) is 4.71. The molecular weight excluding hydrogens is 160 g/mol. The van der Waals surface area contributed by atoms with Crippen molar-refractivity contribution in [3.8, 4) is 0 Å². The van der Waals surface area contributed by atoms with Gasteiger partial charge < -0.3 is 9.47 Å². The Bertz CT molecular complexity index is 115. The van der Waals surface area contributed by atoms with Crippen molar-refractivity contribution in [1.82, 2.24) is 0 Å². The number of rotatable bonds is 2. The van der Waals surface area contributed by atoms with Gasteiger partial charge in [-0.1, -0.05) is 13.8 Å². The third-order valence-electron chi connectivity index (χ3n) is 2.22. The average Bonchev–Trinajstić information content (AvgIpc) is 2.24. The van der Waals surface area contributed by atoms with Crippen molar-refractivity contribution in [3.05, 3.63) is 0 Å². The van der Waals surface area contributed by atoms with E-state index >= 15 is 0 Å². The van der Waals surface area contributed by atoms with E-state index in [1.165, 1.54) is 0 Å². The molecule has 0 aromatic heterocycles. The van der Waals surface area contributed by atoms with E-state index in [9.17, 15) is 0 Å². The van der Waals surface area contributed by atoms with E-state index in [0.717, 1.165) is 0 Å². The maximum Gasteiger partial charge on any atom is 0.0959 e. The largest absolute Gasteiger partial charge is 0.378 e. The first-order valence-corrected chi connectivity index (χ1v) is 4.86. The Morgan fingerprint density at radius 3 is 1.55 bits per heavy atom. The highest BCUT2D eigenvalue weighted by atomic mass is 32.2. The van der Waals surface area contributed by atoms with Gasteiger partial charge in [0, 0.05) is 24.7 Å². The highest BCUT2D eigenvalue weighted by Gasteiger charge is 2.39. The van der Waals surface area contributed by atoms with Crippen molar-refractivity contribution in [2.24, 2.45) is 0 Å². The summed E-state index contributed by atoms with van der Waals surface area (Å²) in [6, 6.07) is 0. The molecule has 3 heteroatoms. The van der Waals surface area contributed by atoms with E-state index in [4.69, 9.17) is 9.47 Å². The number of hydrogen-bond acceptors (Lipinski definition) is 3. The monoisotopic (exact) mass is 176 g/mol. The average molecular weight is 176 g/mol. The summed E-state index contributed by atoms with van der Waals surface area (Å²) in [6.45, 7) is 4.38. The molecule has 0 aliphatic carbocycles. The molecule has 1 rings (SSSR count). The first-order chi connectivity index (χ1) is 5.20. The molecule has 0 radical (unpaired) electrons. The maximum atomic E-state index is 5.35. The minimum atomic E-state index is 0.264. The van der Waals surface area contributed by atoms with Gasteiger partial charge in [0.15, 0.2) is 0 Å². The summed E-state index contributed by atoms with van der Waals surface area (Å²) in [5.41, 5.74) is 0. The van der Waals surface area contributed by atoms with Gasteiger partial charge in [-0.2, -0.15) is 11.8 Å². The van der Waals surface area contributed by atoms with E-state index in [2.05, 4.69) is 13.8 Å². The Labute approximate surface area is 72.6 Å². The van der Waals surface area contributed by atoms with Gasteiger partial charge in [-0.3, -0.25) is 0 Å². The van der Waals surface area contributed by atoms with Crippen LogP contribution in [0.4, 0.5) is 0 Å². The quantitative estimate of drug-likeness (QED) is 0.636. The Morgan fingerprint density at radius 1 is 0.909 bits per heavy atom. The molecule has 1 aliphatic rings. The molecule has 11 heavy (non-hydrogen) atoms. The molecule has 0 spiro atoms. The van der Waals surface area contributed by atoms with E-state index < -0.39 is 0 Å². The molecule has 2 nitrogen and oxygen atoms in total. The summed E-state index contributed by atoms with van der Waals surface area (Å²) >= 11 is 1.94. The number of hydrogen-bond donors (Lipinski definition) is 0. The molecule has 0 saturated carbocycles. The first-order valence-electron chi connectivity index (χ1n) is 3.91. The van der Waals surface area contributed by atoms with Crippen LogP contribution >= 0.6 is 11.8 Å². The lowest BCUT2D eigenvalue weighted by molar-refractivity contribution is -0.0244. The molecule has 0 aromatic rings. The van der Waals surface area contributed by atoms with Crippen LogP contribution in [-0.4, -0.2) is 36.9 Å². The predicted molar refractivity (Wildman–Crippen MR) is 48.1 cm³/mol. The van der Waals surface area contributed by atoms with Crippen LogP contribution in [-0.2, 0) is 9.47 Å². The summed E-state index contributed by atoms with van der Waals surface area (Å²) in [5, 5.41) is 1.11. The molecule has 0 amide bonds. The standard InChI is InChI=1S/C8H16O2S/c1-5-7(9-3)8(10-4)6(2)11-5/h5-8H,1-4H3. The number of ether oxygens (including phenoxy) is 2. The van der Waals surface area contributed by atoms with Crippen LogP contribution in [0.3, 0.4) is 0 Å². The number of thioether (sulfide) groups is 1. The van der Waals surface area contributed by atoms with Gasteiger partial charge >= 0.3 is 0 Å². The van der Waals surface area contributed by atoms with Gasteiger partial charge in [-0.25, -0.2) is 0 Å². The first kappa shape index (κ1) is 9.36. The zero-order valence-electron chi connectivity index (χ0n) is 7.53. The molecule has 1 saturated heterocycles. The molecule has 4 atom stereocenters. The van der Waals surface area contributed by atoms with Crippen molar-refractivity contribution >= 4 is 11.8 Å². The zero-order chi connectivity index (χ0) is 8.43. The summed E-state index contributed by atoms with van der Waals surface area (Å²) in [6.07, 6.45) is 0.528. The Morgan fingerprint density at radius 2 is 1.27 bits per heavy atom. The van der Waals surface area contributed by atoms with Crippen molar-refractivity contribution in [3.63, 3.8) is 0 Å². The molecule has 1 fully saturated rings. The second kappa shape index (κ2) is 3.78. The lowest BCUT2D eigenvalue weighted by Gasteiger charge is -2.20. The van der Waals surface area contributed by atoms with E-state index in [1.807, 2.05) is 11.8 Å². The van der Waals surface area contributed by atoms with Crippen LogP contribution in [0, 0.1) is 0 Å². The Hall–Kier alpha value is 0.270. The molecule has 0 bridgehead atoms. The minimum Gasteiger partial charge on any atom is -0.378 e. The van der Waals surface area contributed by atoms with Gasteiger partial charge in [0.1, 0.15) is 0 Å². The van der Waals surface area contributed by atoms with Crippen LogP contribution in [0.2, 0.25) is 0 Å². The smallest absolute Gasteiger partial charge is 0.0959 e. The third kappa shape index (κ3) is 1.71. The topological polar surface area (TPSA) is 18.5 Å². The minimum absolute atomic E-state index is 0.264. The van der Waals surface area contributed by atoms with Crippen molar-refractivity contribution in [2.45, 2.75) is 36.6 Å². The van der Waals surface area contributed by atoms with Crippen LogP contribution in [0.1, 0.15) is 13.8 Å². The fraction of sp³-hybridized carbons (Fsp3) is 1.00. The molecule has 4 unspecified atom stereocenters. The van der Waals surface area contributed by atoms with Gasteiger partial charge in [0.05, 0.1) is 12.2 Å². The van der Waals surface area contributed by atoms with Crippen LogP contribution in [0.15, 0.2) is 0 Å².